The molecular formula is C9H15Cl2N3. The van der Waals surface area contributed by atoms with Gasteiger partial charge in [-0.2, -0.15) is 5.10 Å². The summed E-state index contributed by atoms with van der Waals surface area (Å²) in [6.45, 7) is 4.16. The number of nitrogens with zero attached hydrogens (tertiary/aromatic N) is 3. The summed E-state index contributed by atoms with van der Waals surface area (Å²) in [7, 11) is 0. The average molecular weight is 236 g/mol. The fourth-order valence-electron chi connectivity index (χ4n) is 1.26. The van der Waals surface area contributed by atoms with Gasteiger partial charge in [0.25, 0.3) is 0 Å². The Kier molecular flexibility index (Phi) is 4.69. The maximum absolute atomic E-state index is 5.77. The minimum Gasteiger partial charge on any atom is -0.248 e. The second-order valence-corrected chi connectivity index (χ2v) is 4.21. The summed E-state index contributed by atoms with van der Waals surface area (Å²) >= 11 is 11.5. The summed E-state index contributed by atoms with van der Waals surface area (Å²) in [5.41, 5.74) is 0. The van der Waals surface area contributed by atoms with Crippen LogP contribution in [0.25, 0.3) is 0 Å². The second-order valence-electron chi connectivity index (χ2n) is 3.59. The lowest BCUT2D eigenvalue weighted by Gasteiger charge is -2.12. The Balaban J connectivity index is 2.70. The van der Waals surface area contributed by atoms with E-state index in [1.165, 1.54) is 0 Å². The van der Waals surface area contributed by atoms with Crippen LogP contribution in [0.4, 0.5) is 0 Å². The highest BCUT2D eigenvalue weighted by molar-refractivity contribution is 6.20. The molecule has 3 nitrogen and oxygen atoms in total. The van der Waals surface area contributed by atoms with Crippen LogP contribution in [-0.2, 0) is 6.42 Å². The molecule has 0 unspecified atom stereocenters. The first-order chi connectivity index (χ1) is 6.69. The zero-order chi connectivity index (χ0) is 10.6. The normalized spacial score (nSPS) is 11.6. The van der Waals surface area contributed by atoms with Gasteiger partial charge in [0.15, 0.2) is 0 Å². The van der Waals surface area contributed by atoms with Crippen molar-refractivity contribution in [3.63, 3.8) is 0 Å². The average Bonchev–Trinajstić information content (AvgIpc) is 2.62. The van der Waals surface area contributed by atoms with Crippen molar-refractivity contribution >= 4 is 23.2 Å². The summed E-state index contributed by atoms with van der Waals surface area (Å²) in [6, 6.07) is 0.332. The second kappa shape index (κ2) is 5.56. The lowest BCUT2D eigenvalue weighted by atomic mass is 10.1. The van der Waals surface area contributed by atoms with Crippen LogP contribution in [0.2, 0.25) is 0 Å². The molecule has 0 aliphatic carbocycles. The fourth-order valence-corrected chi connectivity index (χ4v) is 1.81. The monoisotopic (exact) mass is 235 g/mol. The van der Waals surface area contributed by atoms with E-state index >= 15 is 0 Å². The summed E-state index contributed by atoms with van der Waals surface area (Å²) < 4.78 is 1.91. The Labute approximate surface area is 94.4 Å². The van der Waals surface area contributed by atoms with Gasteiger partial charge in [-0.05, 0) is 19.8 Å². The highest BCUT2D eigenvalue weighted by Gasteiger charge is 2.13. The molecule has 1 rings (SSSR count). The van der Waals surface area contributed by atoms with Crippen molar-refractivity contribution in [2.75, 3.05) is 11.8 Å². The number of hydrogen-bond donors (Lipinski definition) is 0. The topological polar surface area (TPSA) is 30.7 Å². The van der Waals surface area contributed by atoms with Gasteiger partial charge in [0.05, 0.1) is 0 Å². The smallest absolute Gasteiger partial charge is 0.138 e. The van der Waals surface area contributed by atoms with E-state index in [4.69, 9.17) is 23.2 Å². The Morgan fingerprint density at radius 1 is 1.36 bits per heavy atom. The highest BCUT2D eigenvalue weighted by Crippen LogP contribution is 2.13. The molecule has 0 bridgehead atoms. The van der Waals surface area contributed by atoms with Gasteiger partial charge in [-0.3, -0.25) is 0 Å². The molecule has 0 radical (unpaired) electrons. The van der Waals surface area contributed by atoms with Gasteiger partial charge < -0.3 is 0 Å². The first-order valence-corrected chi connectivity index (χ1v) is 5.76. The molecule has 1 aromatic heterocycles. The third-order valence-corrected chi connectivity index (χ3v) is 2.92. The molecule has 1 heterocycles. The van der Waals surface area contributed by atoms with Crippen LogP contribution in [0, 0.1) is 5.92 Å². The molecule has 0 spiro atoms. The van der Waals surface area contributed by atoms with Crippen molar-refractivity contribution in [2.24, 2.45) is 5.92 Å². The first kappa shape index (κ1) is 11.8. The van der Waals surface area contributed by atoms with Crippen LogP contribution in [0.5, 0.6) is 0 Å². The Morgan fingerprint density at radius 2 is 2.00 bits per heavy atom. The van der Waals surface area contributed by atoms with Crippen molar-refractivity contribution in [2.45, 2.75) is 26.3 Å². The van der Waals surface area contributed by atoms with Gasteiger partial charge in [0.2, 0.25) is 0 Å². The van der Waals surface area contributed by atoms with Gasteiger partial charge >= 0.3 is 0 Å². The van der Waals surface area contributed by atoms with Gasteiger partial charge in [-0.25, -0.2) is 9.67 Å². The van der Waals surface area contributed by atoms with E-state index in [-0.39, 0.29) is 5.92 Å². The molecule has 0 atom stereocenters. The van der Waals surface area contributed by atoms with Crippen LogP contribution in [0.3, 0.4) is 0 Å². The number of hydrogen-bond acceptors (Lipinski definition) is 2. The molecule has 0 amide bonds. The zero-order valence-corrected chi connectivity index (χ0v) is 9.96. The molecule has 0 N–H and O–H groups in total. The first-order valence-electron chi connectivity index (χ1n) is 4.69. The predicted octanol–water partition coefficient (Wildman–Crippen LogP) is 2.50. The summed E-state index contributed by atoms with van der Waals surface area (Å²) in [5, 5.41) is 4.16. The molecule has 0 saturated carbocycles. The van der Waals surface area contributed by atoms with Crippen LogP contribution in [0.1, 0.15) is 25.7 Å². The Hall–Kier alpha value is -0.280. The third-order valence-electron chi connectivity index (χ3n) is 2.04. The molecular weight excluding hydrogens is 221 g/mol. The van der Waals surface area contributed by atoms with E-state index in [1.807, 2.05) is 4.68 Å². The van der Waals surface area contributed by atoms with Crippen LogP contribution in [0.15, 0.2) is 6.33 Å². The van der Waals surface area contributed by atoms with Gasteiger partial charge in [-0.1, -0.05) is 0 Å². The molecule has 0 aromatic carbocycles. The zero-order valence-electron chi connectivity index (χ0n) is 8.45. The molecule has 1 aromatic rings. The van der Waals surface area contributed by atoms with Crippen molar-refractivity contribution in [3.8, 4) is 0 Å². The van der Waals surface area contributed by atoms with E-state index in [9.17, 15) is 0 Å². The minimum atomic E-state index is 0.278. The summed E-state index contributed by atoms with van der Waals surface area (Å²) in [4.78, 5) is 4.21. The molecule has 80 valence electrons. The number of halogens is 2. The molecule has 14 heavy (non-hydrogen) atoms. The van der Waals surface area contributed by atoms with Crippen molar-refractivity contribution in [3.05, 3.63) is 12.2 Å². The predicted molar refractivity (Wildman–Crippen MR) is 59.0 cm³/mol. The number of aromatic nitrogens is 3. The van der Waals surface area contributed by atoms with Gasteiger partial charge in [-0.15, -0.1) is 23.2 Å². The van der Waals surface area contributed by atoms with Crippen molar-refractivity contribution < 1.29 is 0 Å². The van der Waals surface area contributed by atoms with E-state index in [0.29, 0.717) is 17.8 Å². The largest absolute Gasteiger partial charge is 0.248 e. The maximum atomic E-state index is 5.77. The van der Waals surface area contributed by atoms with Crippen molar-refractivity contribution in [1.82, 2.24) is 14.8 Å². The van der Waals surface area contributed by atoms with E-state index in [1.54, 1.807) is 6.33 Å². The van der Waals surface area contributed by atoms with Gasteiger partial charge in [0.1, 0.15) is 12.2 Å². The van der Waals surface area contributed by atoms with Crippen LogP contribution in [-0.4, -0.2) is 26.5 Å². The lowest BCUT2D eigenvalue weighted by Crippen LogP contribution is -2.15. The van der Waals surface area contributed by atoms with Gasteiger partial charge in [0, 0.05) is 24.2 Å². The standard InChI is InChI=1S/C9H15Cl2N3/c1-7(2)14-9(12-6-13-14)3-8(4-10)5-11/h6-8H,3-5H2,1-2H3. The fraction of sp³-hybridized carbons (Fsp3) is 0.778. The van der Waals surface area contributed by atoms with E-state index < -0.39 is 0 Å². The molecule has 5 heteroatoms. The van der Waals surface area contributed by atoms with E-state index in [2.05, 4.69) is 23.9 Å². The Bertz CT molecular complexity index is 269. The number of rotatable bonds is 5. The van der Waals surface area contributed by atoms with Crippen molar-refractivity contribution in [1.29, 1.82) is 0 Å². The third kappa shape index (κ3) is 2.85. The Morgan fingerprint density at radius 3 is 2.50 bits per heavy atom. The molecule has 0 saturated heterocycles. The lowest BCUT2D eigenvalue weighted by molar-refractivity contribution is 0.485. The quantitative estimate of drug-likeness (QED) is 0.735. The summed E-state index contributed by atoms with van der Waals surface area (Å²) in [6.07, 6.45) is 2.38. The maximum Gasteiger partial charge on any atom is 0.138 e. The highest BCUT2D eigenvalue weighted by atomic mass is 35.5. The SMILES string of the molecule is CC(C)n1ncnc1CC(CCl)CCl. The van der Waals surface area contributed by atoms with Crippen LogP contribution < -0.4 is 0 Å². The molecule has 0 aliphatic heterocycles. The van der Waals surface area contributed by atoms with E-state index in [0.717, 1.165) is 12.2 Å². The molecule has 0 fully saturated rings. The number of alkyl halides is 2. The summed E-state index contributed by atoms with van der Waals surface area (Å²) in [5.74, 6) is 2.37. The molecule has 0 aliphatic rings. The minimum absolute atomic E-state index is 0.278. The van der Waals surface area contributed by atoms with Crippen LogP contribution >= 0.6 is 23.2 Å².